The van der Waals surface area contributed by atoms with Crippen molar-refractivity contribution in [1.82, 2.24) is 0 Å². The van der Waals surface area contributed by atoms with Gasteiger partial charge in [-0.1, -0.05) is 31.2 Å². The molecule has 1 amide bonds. The molecular formula is C22H24N2O3. The SMILES string of the molecule is CCCOc1ccc(/C=C2\C(=O)N(c3ccccc3)N=C2C)cc1OCC. The third kappa shape index (κ3) is 4.19. The highest BCUT2D eigenvalue weighted by Crippen LogP contribution is 2.31. The van der Waals surface area contributed by atoms with Crippen LogP contribution in [0.5, 0.6) is 11.5 Å². The second-order valence-corrected chi connectivity index (χ2v) is 6.18. The van der Waals surface area contributed by atoms with Gasteiger partial charge in [0.25, 0.3) is 5.91 Å². The Morgan fingerprint density at radius 1 is 1.04 bits per heavy atom. The van der Waals surface area contributed by atoms with Crippen LogP contribution in [0.1, 0.15) is 32.8 Å². The number of nitrogens with zero attached hydrogens (tertiary/aromatic N) is 2. The van der Waals surface area contributed by atoms with E-state index in [1.807, 2.05) is 68.5 Å². The number of hydrazone groups is 1. The summed E-state index contributed by atoms with van der Waals surface area (Å²) in [4.78, 5) is 12.8. The molecule has 5 heteroatoms. The van der Waals surface area contributed by atoms with Gasteiger partial charge in [-0.05, 0) is 56.2 Å². The number of hydrogen-bond acceptors (Lipinski definition) is 4. The topological polar surface area (TPSA) is 51.1 Å². The van der Waals surface area contributed by atoms with Gasteiger partial charge >= 0.3 is 0 Å². The summed E-state index contributed by atoms with van der Waals surface area (Å²) in [5.74, 6) is 1.26. The molecule has 2 aromatic carbocycles. The Kier molecular flexibility index (Phi) is 5.91. The predicted octanol–water partition coefficient (Wildman–Crippen LogP) is 4.68. The number of rotatable bonds is 7. The van der Waals surface area contributed by atoms with Gasteiger partial charge in [-0.25, -0.2) is 0 Å². The van der Waals surface area contributed by atoms with E-state index < -0.39 is 0 Å². The van der Waals surface area contributed by atoms with Crippen LogP contribution >= 0.6 is 0 Å². The molecule has 3 rings (SSSR count). The fraction of sp³-hybridized carbons (Fsp3) is 0.273. The summed E-state index contributed by atoms with van der Waals surface area (Å²) in [5, 5.41) is 5.84. The summed E-state index contributed by atoms with van der Waals surface area (Å²) in [5.41, 5.74) is 2.88. The standard InChI is InChI=1S/C22H24N2O3/c1-4-13-27-20-12-11-17(15-21(20)26-5-2)14-19-16(3)23-24(22(19)25)18-9-7-6-8-10-18/h6-12,14-15H,4-5,13H2,1-3H3/b19-14-. The van der Waals surface area contributed by atoms with Crippen molar-refractivity contribution < 1.29 is 14.3 Å². The van der Waals surface area contributed by atoms with Crippen molar-refractivity contribution in [2.24, 2.45) is 5.10 Å². The molecule has 27 heavy (non-hydrogen) atoms. The lowest BCUT2D eigenvalue weighted by molar-refractivity contribution is -0.114. The van der Waals surface area contributed by atoms with Crippen molar-refractivity contribution in [3.63, 3.8) is 0 Å². The molecule has 0 radical (unpaired) electrons. The Labute approximate surface area is 159 Å². The molecule has 2 aromatic rings. The molecule has 1 aliphatic rings. The van der Waals surface area contributed by atoms with Crippen molar-refractivity contribution >= 4 is 23.4 Å². The fourth-order valence-electron chi connectivity index (χ4n) is 2.81. The second kappa shape index (κ2) is 8.54. The van der Waals surface area contributed by atoms with Crippen LogP contribution in [0.3, 0.4) is 0 Å². The van der Waals surface area contributed by atoms with E-state index in [4.69, 9.17) is 9.47 Å². The van der Waals surface area contributed by atoms with E-state index in [2.05, 4.69) is 12.0 Å². The van der Waals surface area contributed by atoms with Crippen LogP contribution < -0.4 is 14.5 Å². The van der Waals surface area contributed by atoms with Crippen molar-refractivity contribution in [1.29, 1.82) is 0 Å². The van der Waals surface area contributed by atoms with Crippen LogP contribution in [-0.2, 0) is 4.79 Å². The van der Waals surface area contributed by atoms with Crippen LogP contribution in [0.15, 0.2) is 59.2 Å². The van der Waals surface area contributed by atoms with Gasteiger partial charge in [-0.15, -0.1) is 0 Å². The molecule has 0 unspecified atom stereocenters. The minimum Gasteiger partial charge on any atom is -0.490 e. The van der Waals surface area contributed by atoms with Gasteiger partial charge in [-0.2, -0.15) is 10.1 Å². The molecule has 0 atom stereocenters. The summed E-state index contributed by atoms with van der Waals surface area (Å²) in [6.07, 6.45) is 2.77. The third-order valence-corrected chi connectivity index (χ3v) is 4.10. The molecule has 1 aliphatic heterocycles. The molecule has 0 saturated heterocycles. The molecule has 0 saturated carbocycles. The smallest absolute Gasteiger partial charge is 0.280 e. The Bertz CT molecular complexity index is 872. The minimum atomic E-state index is -0.136. The maximum Gasteiger partial charge on any atom is 0.280 e. The van der Waals surface area contributed by atoms with E-state index in [9.17, 15) is 4.79 Å². The highest BCUT2D eigenvalue weighted by Gasteiger charge is 2.28. The lowest BCUT2D eigenvalue weighted by atomic mass is 10.1. The predicted molar refractivity (Wildman–Crippen MR) is 108 cm³/mol. The quantitative estimate of drug-likeness (QED) is 0.670. The number of para-hydroxylation sites is 1. The first-order chi connectivity index (χ1) is 13.1. The number of benzene rings is 2. The van der Waals surface area contributed by atoms with Crippen molar-refractivity contribution in [3.05, 3.63) is 59.7 Å². The zero-order valence-electron chi connectivity index (χ0n) is 15.9. The summed E-state index contributed by atoms with van der Waals surface area (Å²) in [6, 6.07) is 15.1. The largest absolute Gasteiger partial charge is 0.490 e. The van der Waals surface area contributed by atoms with Crippen LogP contribution in [-0.4, -0.2) is 24.8 Å². The van der Waals surface area contributed by atoms with Gasteiger partial charge in [-0.3, -0.25) is 4.79 Å². The highest BCUT2D eigenvalue weighted by atomic mass is 16.5. The Hall–Kier alpha value is -3.08. The van der Waals surface area contributed by atoms with Crippen LogP contribution in [0.2, 0.25) is 0 Å². The van der Waals surface area contributed by atoms with E-state index in [0.29, 0.717) is 30.2 Å². The normalized spacial score (nSPS) is 15.2. The van der Waals surface area contributed by atoms with Gasteiger partial charge in [0.05, 0.1) is 30.2 Å². The molecule has 1 heterocycles. The Balaban J connectivity index is 1.89. The average Bonchev–Trinajstić information content (AvgIpc) is 2.96. The molecule has 0 spiro atoms. The van der Waals surface area contributed by atoms with Crippen molar-refractivity contribution in [2.75, 3.05) is 18.2 Å². The van der Waals surface area contributed by atoms with Crippen LogP contribution in [0.4, 0.5) is 5.69 Å². The zero-order valence-corrected chi connectivity index (χ0v) is 15.9. The molecule has 5 nitrogen and oxygen atoms in total. The maximum atomic E-state index is 12.8. The zero-order chi connectivity index (χ0) is 19.2. The van der Waals surface area contributed by atoms with Crippen molar-refractivity contribution in [3.8, 4) is 11.5 Å². The van der Waals surface area contributed by atoms with Gasteiger partial charge in [0.15, 0.2) is 11.5 Å². The number of hydrogen-bond donors (Lipinski definition) is 0. The summed E-state index contributed by atoms with van der Waals surface area (Å²) in [7, 11) is 0. The first kappa shape index (κ1) is 18.7. The maximum absolute atomic E-state index is 12.8. The molecule has 0 aromatic heterocycles. The molecule has 0 N–H and O–H groups in total. The first-order valence-corrected chi connectivity index (χ1v) is 9.20. The summed E-state index contributed by atoms with van der Waals surface area (Å²) in [6.45, 7) is 7.02. The van der Waals surface area contributed by atoms with E-state index in [1.54, 1.807) is 0 Å². The lowest BCUT2D eigenvalue weighted by Gasteiger charge is -2.12. The number of ether oxygens (including phenoxy) is 2. The van der Waals surface area contributed by atoms with Crippen molar-refractivity contribution in [2.45, 2.75) is 27.2 Å². The highest BCUT2D eigenvalue weighted by molar-refractivity contribution is 6.32. The van der Waals surface area contributed by atoms with Gasteiger partial charge < -0.3 is 9.47 Å². The monoisotopic (exact) mass is 364 g/mol. The van der Waals surface area contributed by atoms with E-state index >= 15 is 0 Å². The molecule has 0 aliphatic carbocycles. The third-order valence-electron chi connectivity index (χ3n) is 4.10. The molecule has 0 fully saturated rings. The molecule has 140 valence electrons. The van der Waals surface area contributed by atoms with Crippen LogP contribution in [0.25, 0.3) is 6.08 Å². The number of amides is 1. The molecular weight excluding hydrogens is 340 g/mol. The van der Waals surface area contributed by atoms with Gasteiger partial charge in [0.1, 0.15) is 0 Å². The summed E-state index contributed by atoms with van der Waals surface area (Å²) < 4.78 is 11.4. The van der Waals surface area contributed by atoms with Gasteiger partial charge in [0.2, 0.25) is 0 Å². The van der Waals surface area contributed by atoms with Crippen LogP contribution in [0, 0.1) is 0 Å². The van der Waals surface area contributed by atoms with E-state index in [1.165, 1.54) is 5.01 Å². The number of anilines is 1. The lowest BCUT2D eigenvalue weighted by Crippen LogP contribution is -2.21. The van der Waals surface area contributed by atoms with E-state index in [0.717, 1.165) is 23.4 Å². The average molecular weight is 364 g/mol. The first-order valence-electron chi connectivity index (χ1n) is 9.20. The number of carbonyl (C=O) groups excluding carboxylic acids is 1. The second-order valence-electron chi connectivity index (χ2n) is 6.18. The van der Waals surface area contributed by atoms with E-state index in [-0.39, 0.29) is 5.91 Å². The Morgan fingerprint density at radius 3 is 2.52 bits per heavy atom. The minimum absolute atomic E-state index is 0.136. The number of carbonyl (C=O) groups is 1. The Morgan fingerprint density at radius 2 is 1.81 bits per heavy atom. The molecule has 0 bridgehead atoms. The van der Waals surface area contributed by atoms with Gasteiger partial charge in [0, 0.05) is 0 Å². The summed E-state index contributed by atoms with van der Waals surface area (Å²) >= 11 is 0. The fourth-order valence-corrected chi connectivity index (χ4v) is 2.81.